The molecule has 4 heteroatoms. The molecule has 0 radical (unpaired) electrons. The fraction of sp³-hybridized carbons (Fsp3) is 0.364. The standard InChI is InChI=1S/C11H14ClN3/c1-7(2)15-11(12)9-4-3-8(6-13)5-10(9)14-15/h3-5,7H,6,13H2,1-2H3. The lowest BCUT2D eigenvalue weighted by atomic mass is 10.2. The number of benzene rings is 1. The summed E-state index contributed by atoms with van der Waals surface area (Å²) in [6.45, 7) is 4.64. The van der Waals surface area contributed by atoms with Crippen molar-refractivity contribution < 1.29 is 0 Å². The molecular formula is C11H14ClN3. The second-order valence-electron chi connectivity index (χ2n) is 3.88. The molecule has 0 saturated heterocycles. The second kappa shape index (κ2) is 3.83. The van der Waals surface area contributed by atoms with E-state index in [0.29, 0.717) is 11.7 Å². The summed E-state index contributed by atoms with van der Waals surface area (Å²) >= 11 is 6.22. The molecule has 1 aromatic heterocycles. The van der Waals surface area contributed by atoms with Gasteiger partial charge in [-0.1, -0.05) is 17.7 Å². The van der Waals surface area contributed by atoms with Crippen LogP contribution >= 0.6 is 11.6 Å². The molecule has 0 aliphatic carbocycles. The van der Waals surface area contributed by atoms with Gasteiger partial charge in [0.05, 0.1) is 5.52 Å². The monoisotopic (exact) mass is 223 g/mol. The zero-order valence-electron chi connectivity index (χ0n) is 8.87. The van der Waals surface area contributed by atoms with Crippen molar-refractivity contribution in [3.05, 3.63) is 28.9 Å². The zero-order chi connectivity index (χ0) is 11.0. The molecule has 0 amide bonds. The Labute approximate surface area is 93.8 Å². The highest BCUT2D eigenvalue weighted by Gasteiger charge is 2.11. The largest absolute Gasteiger partial charge is 0.326 e. The molecule has 80 valence electrons. The van der Waals surface area contributed by atoms with Crippen LogP contribution in [0.1, 0.15) is 25.5 Å². The topological polar surface area (TPSA) is 43.8 Å². The first-order valence-electron chi connectivity index (χ1n) is 5.00. The van der Waals surface area contributed by atoms with Gasteiger partial charge in [0.2, 0.25) is 0 Å². The van der Waals surface area contributed by atoms with Crippen LogP contribution in [0.3, 0.4) is 0 Å². The zero-order valence-corrected chi connectivity index (χ0v) is 9.62. The van der Waals surface area contributed by atoms with Crippen molar-refractivity contribution in [1.82, 2.24) is 9.78 Å². The van der Waals surface area contributed by atoms with Crippen LogP contribution in [0, 0.1) is 0 Å². The molecule has 15 heavy (non-hydrogen) atoms. The van der Waals surface area contributed by atoms with E-state index in [1.54, 1.807) is 0 Å². The van der Waals surface area contributed by atoms with E-state index in [2.05, 4.69) is 18.9 Å². The number of fused-ring (bicyclic) bond motifs is 1. The van der Waals surface area contributed by atoms with Gasteiger partial charge in [-0.2, -0.15) is 5.10 Å². The Morgan fingerprint density at radius 3 is 2.80 bits per heavy atom. The molecule has 0 saturated carbocycles. The third-order valence-corrected chi connectivity index (χ3v) is 2.80. The van der Waals surface area contributed by atoms with Crippen LogP contribution in [-0.4, -0.2) is 9.78 Å². The summed E-state index contributed by atoms with van der Waals surface area (Å²) in [6, 6.07) is 6.22. The van der Waals surface area contributed by atoms with E-state index in [1.807, 2.05) is 22.9 Å². The molecule has 0 fully saturated rings. The third kappa shape index (κ3) is 1.73. The van der Waals surface area contributed by atoms with E-state index >= 15 is 0 Å². The van der Waals surface area contributed by atoms with Crippen LogP contribution in [0.25, 0.3) is 10.9 Å². The highest BCUT2D eigenvalue weighted by atomic mass is 35.5. The molecule has 2 N–H and O–H groups in total. The van der Waals surface area contributed by atoms with E-state index < -0.39 is 0 Å². The maximum Gasteiger partial charge on any atom is 0.135 e. The molecule has 0 bridgehead atoms. The Hall–Kier alpha value is -1.06. The maximum absolute atomic E-state index is 6.22. The molecule has 0 atom stereocenters. The minimum Gasteiger partial charge on any atom is -0.326 e. The molecule has 2 rings (SSSR count). The fourth-order valence-electron chi connectivity index (χ4n) is 1.59. The molecule has 3 nitrogen and oxygen atoms in total. The summed E-state index contributed by atoms with van der Waals surface area (Å²) < 4.78 is 1.83. The van der Waals surface area contributed by atoms with E-state index in [1.165, 1.54) is 0 Å². The Bertz CT molecular complexity index is 488. The Morgan fingerprint density at radius 1 is 1.47 bits per heavy atom. The van der Waals surface area contributed by atoms with Crippen LogP contribution in [0.15, 0.2) is 18.2 Å². The highest BCUT2D eigenvalue weighted by molar-refractivity contribution is 6.34. The molecule has 0 unspecified atom stereocenters. The number of hydrogen-bond donors (Lipinski definition) is 1. The summed E-state index contributed by atoms with van der Waals surface area (Å²) in [5.41, 5.74) is 7.57. The van der Waals surface area contributed by atoms with E-state index in [4.69, 9.17) is 17.3 Å². The van der Waals surface area contributed by atoms with Crippen LogP contribution in [-0.2, 0) is 6.54 Å². The summed E-state index contributed by atoms with van der Waals surface area (Å²) in [5.74, 6) is 0. The molecule has 0 aliphatic heterocycles. The van der Waals surface area contributed by atoms with Crippen molar-refractivity contribution in [3.8, 4) is 0 Å². The van der Waals surface area contributed by atoms with Crippen molar-refractivity contribution in [2.24, 2.45) is 5.73 Å². The predicted octanol–water partition coefficient (Wildman–Crippen LogP) is 2.73. The SMILES string of the molecule is CC(C)n1nc2cc(CN)ccc2c1Cl. The number of halogens is 1. The van der Waals surface area contributed by atoms with Gasteiger partial charge in [-0.25, -0.2) is 0 Å². The number of nitrogens with zero attached hydrogens (tertiary/aromatic N) is 2. The first-order chi connectivity index (χ1) is 7.13. The van der Waals surface area contributed by atoms with Crippen molar-refractivity contribution >= 4 is 22.5 Å². The summed E-state index contributed by atoms with van der Waals surface area (Å²) in [4.78, 5) is 0. The van der Waals surface area contributed by atoms with Gasteiger partial charge in [-0.05, 0) is 31.5 Å². The van der Waals surface area contributed by atoms with E-state index in [0.717, 1.165) is 16.5 Å². The van der Waals surface area contributed by atoms with Crippen LogP contribution in [0.4, 0.5) is 0 Å². The third-order valence-electron chi connectivity index (χ3n) is 2.43. The minimum atomic E-state index is 0.270. The Balaban J connectivity index is 2.65. The maximum atomic E-state index is 6.22. The van der Waals surface area contributed by atoms with Gasteiger partial charge in [-0.15, -0.1) is 0 Å². The van der Waals surface area contributed by atoms with E-state index in [-0.39, 0.29) is 6.04 Å². The number of aromatic nitrogens is 2. The Morgan fingerprint density at radius 2 is 2.20 bits per heavy atom. The molecule has 2 aromatic rings. The van der Waals surface area contributed by atoms with Gasteiger partial charge in [0.1, 0.15) is 5.15 Å². The van der Waals surface area contributed by atoms with Crippen molar-refractivity contribution in [2.75, 3.05) is 0 Å². The van der Waals surface area contributed by atoms with Crippen molar-refractivity contribution in [2.45, 2.75) is 26.4 Å². The molecule has 1 aromatic carbocycles. The van der Waals surface area contributed by atoms with Gasteiger partial charge in [0.15, 0.2) is 0 Å². The molecule has 0 aliphatic rings. The van der Waals surface area contributed by atoms with Gasteiger partial charge < -0.3 is 5.73 Å². The summed E-state index contributed by atoms with van der Waals surface area (Å²) in [6.07, 6.45) is 0. The van der Waals surface area contributed by atoms with Gasteiger partial charge in [0, 0.05) is 18.0 Å². The average Bonchev–Trinajstić information content (AvgIpc) is 2.55. The van der Waals surface area contributed by atoms with Gasteiger partial charge in [0.25, 0.3) is 0 Å². The lowest BCUT2D eigenvalue weighted by molar-refractivity contribution is 0.538. The lowest BCUT2D eigenvalue weighted by Crippen LogP contribution is -2.02. The predicted molar refractivity (Wildman–Crippen MR) is 63.0 cm³/mol. The average molecular weight is 224 g/mol. The number of hydrogen-bond acceptors (Lipinski definition) is 2. The molecule has 0 spiro atoms. The van der Waals surface area contributed by atoms with Crippen LogP contribution in [0.2, 0.25) is 5.15 Å². The lowest BCUT2D eigenvalue weighted by Gasteiger charge is -2.05. The van der Waals surface area contributed by atoms with Crippen molar-refractivity contribution in [3.63, 3.8) is 0 Å². The summed E-state index contributed by atoms with van der Waals surface area (Å²) in [7, 11) is 0. The summed E-state index contributed by atoms with van der Waals surface area (Å²) in [5, 5.41) is 6.14. The minimum absolute atomic E-state index is 0.270. The first-order valence-corrected chi connectivity index (χ1v) is 5.38. The molecular weight excluding hydrogens is 210 g/mol. The fourth-order valence-corrected chi connectivity index (χ4v) is 1.98. The Kier molecular flexibility index (Phi) is 2.67. The van der Waals surface area contributed by atoms with Gasteiger partial charge in [-0.3, -0.25) is 4.68 Å². The smallest absolute Gasteiger partial charge is 0.135 e. The van der Waals surface area contributed by atoms with Gasteiger partial charge >= 0.3 is 0 Å². The number of rotatable bonds is 2. The first kappa shape index (κ1) is 10.5. The van der Waals surface area contributed by atoms with Crippen LogP contribution in [0.5, 0.6) is 0 Å². The quantitative estimate of drug-likeness (QED) is 0.851. The molecule has 1 heterocycles. The van der Waals surface area contributed by atoms with E-state index in [9.17, 15) is 0 Å². The van der Waals surface area contributed by atoms with Crippen molar-refractivity contribution in [1.29, 1.82) is 0 Å². The number of nitrogens with two attached hydrogens (primary N) is 1. The highest BCUT2D eigenvalue weighted by Crippen LogP contribution is 2.26. The second-order valence-corrected chi connectivity index (χ2v) is 4.24. The normalized spacial score (nSPS) is 11.5. The van der Waals surface area contributed by atoms with Crippen LogP contribution < -0.4 is 5.73 Å².